The fourth-order valence-corrected chi connectivity index (χ4v) is 3.18. The number of hydrogen-bond acceptors (Lipinski definition) is 5. The number of carbonyl (C=O) groups is 1. The van der Waals surface area contributed by atoms with Crippen molar-refractivity contribution >= 4 is 17.3 Å². The second-order valence-corrected chi connectivity index (χ2v) is 6.66. The number of aryl methyl sites for hydroxylation is 1. The van der Waals surface area contributed by atoms with E-state index >= 15 is 0 Å². The van der Waals surface area contributed by atoms with E-state index in [2.05, 4.69) is 15.4 Å². The van der Waals surface area contributed by atoms with Crippen LogP contribution in [0.1, 0.15) is 31.7 Å². The summed E-state index contributed by atoms with van der Waals surface area (Å²) in [4.78, 5) is 28.0. The lowest BCUT2D eigenvalue weighted by Gasteiger charge is -2.17. The van der Waals surface area contributed by atoms with Gasteiger partial charge >= 0.3 is 5.97 Å². The van der Waals surface area contributed by atoms with Gasteiger partial charge in [-0.05, 0) is 38.3 Å². The van der Waals surface area contributed by atoms with E-state index in [1.165, 1.54) is 4.68 Å². The standard InChI is InChI=1S/C22H24N4O3/c1-2-26-22(29)21(24-17-11-8-14-23-15-17)18(12-6-7-13-19(27)28)20(25-26)16-9-4-3-5-10-16/h3-5,8-11,14-15,24H,2,6-7,12-13H2,1H3,(H,27,28). The van der Waals surface area contributed by atoms with Gasteiger partial charge in [-0.1, -0.05) is 30.3 Å². The third-order valence-electron chi connectivity index (χ3n) is 4.60. The Morgan fingerprint density at radius 1 is 1.14 bits per heavy atom. The van der Waals surface area contributed by atoms with Crippen LogP contribution in [0.25, 0.3) is 11.3 Å². The minimum atomic E-state index is -0.818. The van der Waals surface area contributed by atoms with Crippen LogP contribution >= 0.6 is 0 Å². The molecule has 0 saturated carbocycles. The van der Waals surface area contributed by atoms with Crippen molar-refractivity contribution < 1.29 is 9.90 Å². The van der Waals surface area contributed by atoms with Crippen molar-refractivity contribution in [3.8, 4) is 11.3 Å². The van der Waals surface area contributed by atoms with Gasteiger partial charge in [-0.3, -0.25) is 14.6 Å². The van der Waals surface area contributed by atoms with Crippen molar-refractivity contribution in [3.63, 3.8) is 0 Å². The van der Waals surface area contributed by atoms with Gasteiger partial charge in [0.15, 0.2) is 0 Å². The van der Waals surface area contributed by atoms with Gasteiger partial charge in [0.05, 0.1) is 17.6 Å². The summed E-state index contributed by atoms with van der Waals surface area (Å²) >= 11 is 0. The van der Waals surface area contributed by atoms with Crippen LogP contribution in [0.15, 0.2) is 59.7 Å². The molecule has 7 heteroatoms. The Morgan fingerprint density at radius 2 is 1.93 bits per heavy atom. The predicted octanol–water partition coefficient (Wildman–Crippen LogP) is 3.87. The Bertz CT molecular complexity index is 1020. The molecule has 7 nitrogen and oxygen atoms in total. The Balaban J connectivity index is 2.09. The average Bonchev–Trinajstić information content (AvgIpc) is 2.74. The molecule has 0 atom stereocenters. The first-order valence-electron chi connectivity index (χ1n) is 9.68. The predicted molar refractivity (Wildman–Crippen MR) is 112 cm³/mol. The molecule has 2 N–H and O–H groups in total. The molecular weight excluding hydrogens is 368 g/mol. The highest BCUT2D eigenvalue weighted by Gasteiger charge is 2.18. The van der Waals surface area contributed by atoms with Gasteiger partial charge in [0, 0.05) is 30.3 Å². The van der Waals surface area contributed by atoms with E-state index in [0.717, 1.165) is 16.8 Å². The number of pyridine rings is 1. The number of carboxylic acids is 1. The molecular formula is C22H24N4O3. The smallest absolute Gasteiger partial charge is 0.303 e. The van der Waals surface area contributed by atoms with Gasteiger partial charge in [-0.25, -0.2) is 4.68 Å². The van der Waals surface area contributed by atoms with Crippen molar-refractivity contribution in [2.45, 2.75) is 39.2 Å². The first-order chi connectivity index (χ1) is 14.1. The van der Waals surface area contributed by atoms with Gasteiger partial charge < -0.3 is 10.4 Å². The second kappa shape index (κ2) is 9.64. The van der Waals surface area contributed by atoms with Crippen LogP contribution in [0.4, 0.5) is 11.4 Å². The lowest BCUT2D eigenvalue weighted by Crippen LogP contribution is -2.27. The van der Waals surface area contributed by atoms with Crippen molar-refractivity contribution in [1.29, 1.82) is 0 Å². The molecule has 3 aromatic rings. The molecule has 0 radical (unpaired) electrons. The number of hydrogen-bond donors (Lipinski definition) is 2. The Kier molecular flexibility index (Phi) is 6.73. The van der Waals surface area contributed by atoms with Crippen LogP contribution in [0, 0.1) is 0 Å². The van der Waals surface area contributed by atoms with Crippen molar-refractivity contribution in [3.05, 3.63) is 70.8 Å². The molecule has 0 fully saturated rings. The van der Waals surface area contributed by atoms with E-state index in [1.54, 1.807) is 18.5 Å². The van der Waals surface area contributed by atoms with Gasteiger partial charge in [-0.15, -0.1) is 0 Å². The number of aromatic nitrogens is 3. The first kappa shape index (κ1) is 20.3. The van der Waals surface area contributed by atoms with Crippen LogP contribution in [-0.2, 0) is 17.8 Å². The Morgan fingerprint density at radius 3 is 2.59 bits per heavy atom. The monoisotopic (exact) mass is 392 g/mol. The highest BCUT2D eigenvalue weighted by atomic mass is 16.4. The molecule has 0 amide bonds. The molecule has 0 bridgehead atoms. The molecule has 0 saturated heterocycles. The Hall–Kier alpha value is -3.48. The number of nitrogens with zero attached hydrogens (tertiary/aromatic N) is 3. The molecule has 1 aromatic carbocycles. The number of unbranched alkanes of at least 4 members (excludes halogenated alkanes) is 1. The molecule has 0 aliphatic rings. The largest absolute Gasteiger partial charge is 0.481 e. The van der Waals surface area contributed by atoms with Crippen LogP contribution < -0.4 is 10.9 Å². The fraction of sp³-hybridized carbons (Fsp3) is 0.273. The van der Waals surface area contributed by atoms with E-state index in [4.69, 9.17) is 5.11 Å². The van der Waals surface area contributed by atoms with Crippen LogP contribution in [0.3, 0.4) is 0 Å². The molecule has 0 unspecified atom stereocenters. The van der Waals surface area contributed by atoms with Gasteiger partial charge in [0.2, 0.25) is 0 Å². The second-order valence-electron chi connectivity index (χ2n) is 6.66. The quantitative estimate of drug-likeness (QED) is 0.537. The molecule has 150 valence electrons. The van der Waals surface area contributed by atoms with Crippen molar-refractivity contribution in [2.75, 3.05) is 5.32 Å². The fourth-order valence-electron chi connectivity index (χ4n) is 3.18. The highest BCUT2D eigenvalue weighted by Crippen LogP contribution is 2.28. The van der Waals surface area contributed by atoms with E-state index in [1.807, 2.05) is 43.3 Å². The number of anilines is 2. The van der Waals surface area contributed by atoms with Crippen LogP contribution in [-0.4, -0.2) is 25.8 Å². The number of rotatable bonds is 9. The summed E-state index contributed by atoms with van der Waals surface area (Å²) in [6, 6.07) is 13.4. The average molecular weight is 392 g/mol. The van der Waals surface area contributed by atoms with E-state index in [0.29, 0.717) is 37.2 Å². The normalized spacial score (nSPS) is 10.7. The van der Waals surface area contributed by atoms with E-state index in [-0.39, 0.29) is 12.0 Å². The van der Waals surface area contributed by atoms with Crippen molar-refractivity contribution in [2.24, 2.45) is 0 Å². The van der Waals surface area contributed by atoms with Gasteiger partial charge in [-0.2, -0.15) is 5.10 Å². The highest BCUT2D eigenvalue weighted by molar-refractivity contribution is 5.72. The molecule has 2 aromatic heterocycles. The number of nitrogens with one attached hydrogen (secondary N) is 1. The summed E-state index contributed by atoms with van der Waals surface area (Å²) in [6.07, 6.45) is 5.16. The van der Waals surface area contributed by atoms with Crippen molar-refractivity contribution in [1.82, 2.24) is 14.8 Å². The summed E-state index contributed by atoms with van der Waals surface area (Å²) in [5.74, 6) is -0.818. The molecule has 0 spiro atoms. The van der Waals surface area contributed by atoms with Gasteiger partial charge in [0.1, 0.15) is 5.69 Å². The maximum atomic E-state index is 13.1. The third kappa shape index (κ3) is 5.07. The van der Waals surface area contributed by atoms with E-state index in [9.17, 15) is 9.59 Å². The third-order valence-corrected chi connectivity index (χ3v) is 4.60. The molecule has 29 heavy (non-hydrogen) atoms. The van der Waals surface area contributed by atoms with E-state index < -0.39 is 5.97 Å². The molecule has 3 rings (SSSR count). The molecule has 0 aliphatic carbocycles. The zero-order valence-corrected chi connectivity index (χ0v) is 16.3. The summed E-state index contributed by atoms with van der Waals surface area (Å²) in [7, 11) is 0. The topological polar surface area (TPSA) is 97.1 Å². The minimum absolute atomic E-state index is 0.103. The summed E-state index contributed by atoms with van der Waals surface area (Å²) in [5.41, 5.74) is 3.41. The Labute approximate surface area is 169 Å². The zero-order valence-electron chi connectivity index (χ0n) is 16.3. The number of aliphatic carboxylic acids is 1. The SMILES string of the molecule is CCn1nc(-c2ccccc2)c(CCCCC(=O)O)c(Nc2cccnc2)c1=O. The zero-order chi connectivity index (χ0) is 20.6. The number of carboxylic acid groups (broad SMARTS) is 1. The summed E-state index contributed by atoms with van der Waals surface area (Å²) < 4.78 is 1.45. The maximum absolute atomic E-state index is 13.1. The van der Waals surface area contributed by atoms with Crippen LogP contribution in [0.2, 0.25) is 0 Å². The minimum Gasteiger partial charge on any atom is -0.481 e. The maximum Gasteiger partial charge on any atom is 0.303 e. The molecule has 0 aliphatic heterocycles. The lowest BCUT2D eigenvalue weighted by atomic mass is 9.99. The summed E-state index contributed by atoms with van der Waals surface area (Å²) in [5, 5.41) is 16.8. The van der Waals surface area contributed by atoms with Gasteiger partial charge in [0.25, 0.3) is 5.56 Å². The lowest BCUT2D eigenvalue weighted by molar-refractivity contribution is -0.137. The summed E-state index contributed by atoms with van der Waals surface area (Å²) in [6.45, 7) is 2.32. The molecule has 2 heterocycles. The number of benzene rings is 1. The first-order valence-corrected chi connectivity index (χ1v) is 9.68. The van der Waals surface area contributed by atoms with Crippen LogP contribution in [0.5, 0.6) is 0 Å².